The van der Waals surface area contributed by atoms with E-state index in [1.807, 2.05) is 0 Å². The largest absolute Gasteiger partial charge is 0.481 e. The van der Waals surface area contributed by atoms with E-state index in [0.717, 1.165) is 25.7 Å². The maximum atomic E-state index is 10.5. The smallest absolute Gasteiger partial charge is 0.303 e. The van der Waals surface area contributed by atoms with Crippen molar-refractivity contribution in [3.63, 3.8) is 0 Å². The molecule has 0 radical (unpaired) electrons. The van der Waals surface area contributed by atoms with Gasteiger partial charge in [-0.1, -0.05) is 43.8 Å². The second kappa shape index (κ2) is 13.8. The molecule has 0 aliphatic carbocycles. The molecular formula is C24H42O2. The Labute approximate surface area is 162 Å². The molecule has 0 spiro atoms. The van der Waals surface area contributed by atoms with E-state index in [1.54, 1.807) is 0 Å². The molecule has 0 saturated carbocycles. The van der Waals surface area contributed by atoms with Gasteiger partial charge in [0.2, 0.25) is 0 Å². The van der Waals surface area contributed by atoms with Crippen molar-refractivity contribution in [2.24, 2.45) is 0 Å². The van der Waals surface area contributed by atoms with Crippen molar-refractivity contribution >= 4 is 5.97 Å². The summed E-state index contributed by atoms with van der Waals surface area (Å²) in [5.74, 6) is -0.675. The third-order valence-corrected chi connectivity index (χ3v) is 5.82. The van der Waals surface area contributed by atoms with Crippen LogP contribution in [0.5, 0.6) is 0 Å². The van der Waals surface area contributed by atoms with Gasteiger partial charge in [-0.15, -0.1) is 0 Å². The fourth-order valence-electron chi connectivity index (χ4n) is 3.22. The molecule has 0 saturated heterocycles. The molecule has 0 rings (SSSR count). The summed E-state index contributed by atoms with van der Waals surface area (Å²) in [6, 6.07) is 0. The van der Waals surface area contributed by atoms with Gasteiger partial charge < -0.3 is 5.11 Å². The highest BCUT2D eigenvalue weighted by molar-refractivity contribution is 5.66. The van der Waals surface area contributed by atoms with Gasteiger partial charge in [0.05, 0.1) is 0 Å². The lowest BCUT2D eigenvalue weighted by Gasteiger charge is -2.15. The van der Waals surface area contributed by atoms with E-state index in [0.29, 0.717) is 6.42 Å². The summed E-state index contributed by atoms with van der Waals surface area (Å²) in [5, 5.41) is 8.65. The van der Waals surface area contributed by atoms with Crippen LogP contribution in [0.1, 0.15) is 113 Å². The van der Waals surface area contributed by atoms with E-state index in [4.69, 9.17) is 5.11 Å². The van der Waals surface area contributed by atoms with Gasteiger partial charge in [0, 0.05) is 6.42 Å². The minimum absolute atomic E-state index is 0.311. The van der Waals surface area contributed by atoms with Gasteiger partial charge >= 0.3 is 5.97 Å². The molecule has 0 aromatic carbocycles. The summed E-state index contributed by atoms with van der Waals surface area (Å²) >= 11 is 0. The van der Waals surface area contributed by atoms with Gasteiger partial charge in [-0.25, -0.2) is 0 Å². The zero-order valence-electron chi connectivity index (χ0n) is 18.4. The second-order valence-electron chi connectivity index (χ2n) is 7.83. The van der Waals surface area contributed by atoms with Gasteiger partial charge in [-0.05, 0) is 95.9 Å². The first-order chi connectivity index (χ1) is 12.2. The van der Waals surface area contributed by atoms with E-state index in [9.17, 15) is 4.79 Å². The molecule has 0 aromatic rings. The summed E-state index contributed by atoms with van der Waals surface area (Å²) in [6.07, 6.45) is 10.6. The Morgan fingerprint density at radius 1 is 0.577 bits per heavy atom. The molecule has 1 N–H and O–H groups in total. The fraction of sp³-hybridized carbons (Fsp3) is 0.708. The van der Waals surface area contributed by atoms with Crippen molar-refractivity contribution in [3.8, 4) is 0 Å². The van der Waals surface area contributed by atoms with Gasteiger partial charge in [0.15, 0.2) is 0 Å². The molecule has 0 amide bonds. The van der Waals surface area contributed by atoms with Crippen LogP contribution in [0.15, 0.2) is 33.4 Å². The fourth-order valence-corrected chi connectivity index (χ4v) is 3.22. The van der Waals surface area contributed by atoms with E-state index >= 15 is 0 Å². The minimum Gasteiger partial charge on any atom is -0.481 e. The average Bonchev–Trinajstić information content (AvgIpc) is 2.62. The van der Waals surface area contributed by atoms with Crippen LogP contribution in [0, 0.1) is 0 Å². The SMILES string of the molecule is CCCCC(C)=C(C)C(C)=C(C)C(C)=C(C)CCCCCCCC(=O)O. The van der Waals surface area contributed by atoms with Crippen LogP contribution in [0.3, 0.4) is 0 Å². The summed E-state index contributed by atoms with van der Waals surface area (Å²) in [4.78, 5) is 10.5. The first kappa shape index (κ1) is 24.7. The first-order valence-electron chi connectivity index (χ1n) is 10.4. The average molecular weight is 363 g/mol. The number of hydrogen-bond donors (Lipinski definition) is 1. The molecule has 0 aliphatic rings. The number of unbranched alkanes of at least 4 members (excludes halogenated alkanes) is 5. The Hall–Kier alpha value is -1.31. The standard InChI is InChI=1S/C24H42O2/c1-8-9-15-18(2)20(4)22(6)23(7)21(5)19(3)16-13-11-10-12-14-17-24(25)26/h8-17H2,1-7H3,(H,25,26). The quantitative estimate of drug-likeness (QED) is 0.266. The Kier molecular flexibility index (Phi) is 13.1. The van der Waals surface area contributed by atoms with Gasteiger partial charge in [-0.3, -0.25) is 4.79 Å². The van der Waals surface area contributed by atoms with Crippen molar-refractivity contribution in [2.75, 3.05) is 0 Å². The van der Waals surface area contributed by atoms with E-state index < -0.39 is 5.97 Å². The number of carboxylic acid groups (broad SMARTS) is 1. The van der Waals surface area contributed by atoms with E-state index in [1.165, 1.54) is 65.5 Å². The molecule has 0 heterocycles. The Bertz CT molecular complexity index is 532. The van der Waals surface area contributed by atoms with Crippen LogP contribution in [-0.4, -0.2) is 11.1 Å². The summed E-state index contributed by atoms with van der Waals surface area (Å²) in [5.41, 5.74) is 8.78. The third-order valence-electron chi connectivity index (χ3n) is 5.82. The Balaban J connectivity index is 4.65. The maximum absolute atomic E-state index is 10.5. The highest BCUT2D eigenvalue weighted by atomic mass is 16.4. The topological polar surface area (TPSA) is 37.3 Å². The van der Waals surface area contributed by atoms with Crippen LogP contribution in [0.25, 0.3) is 0 Å². The van der Waals surface area contributed by atoms with Crippen LogP contribution in [0.4, 0.5) is 0 Å². The molecular weight excluding hydrogens is 320 g/mol. The van der Waals surface area contributed by atoms with Gasteiger partial charge in [-0.2, -0.15) is 0 Å². The van der Waals surface area contributed by atoms with Gasteiger partial charge in [0.25, 0.3) is 0 Å². The lowest BCUT2D eigenvalue weighted by atomic mass is 9.91. The third kappa shape index (κ3) is 9.99. The molecule has 0 aromatic heterocycles. The number of hydrogen-bond acceptors (Lipinski definition) is 1. The molecule has 0 aliphatic heterocycles. The lowest BCUT2D eigenvalue weighted by molar-refractivity contribution is -0.137. The summed E-state index contributed by atoms with van der Waals surface area (Å²) in [6.45, 7) is 15.8. The van der Waals surface area contributed by atoms with Crippen molar-refractivity contribution in [3.05, 3.63) is 33.4 Å². The number of allylic oxidation sites excluding steroid dienone is 6. The molecule has 0 atom stereocenters. The lowest BCUT2D eigenvalue weighted by Crippen LogP contribution is -1.95. The molecule has 0 unspecified atom stereocenters. The van der Waals surface area contributed by atoms with Crippen LogP contribution >= 0.6 is 0 Å². The molecule has 26 heavy (non-hydrogen) atoms. The van der Waals surface area contributed by atoms with Gasteiger partial charge in [0.1, 0.15) is 0 Å². The van der Waals surface area contributed by atoms with Crippen molar-refractivity contribution in [2.45, 2.75) is 113 Å². The number of aliphatic carboxylic acids is 1. The maximum Gasteiger partial charge on any atom is 0.303 e. The number of carboxylic acids is 1. The predicted molar refractivity (Wildman–Crippen MR) is 115 cm³/mol. The zero-order valence-corrected chi connectivity index (χ0v) is 18.4. The second-order valence-corrected chi connectivity index (χ2v) is 7.83. The van der Waals surface area contributed by atoms with Crippen molar-refractivity contribution in [1.82, 2.24) is 0 Å². The first-order valence-corrected chi connectivity index (χ1v) is 10.4. The molecule has 0 fully saturated rings. The van der Waals surface area contributed by atoms with E-state index in [-0.39, 0.29) is 0 Å². The minimum atomic E-state index is -0.675. The molecule has 0 bridgehead atoms. The van der Waals surface area contributed by atoms with Crippen LogP contribution < -0.4 is 0 Å². The van der Waals surface area contributed by atoms with Crippen molar-refractivity contribution in [1.29, 1.82) is 0 Å². The predicted octanol–water partition coefficient (Wildman–Crippen LogP) is 8.00. The van der Waals surface area contributed by atoms with E-state index in [2.05, 4.69) is 48.5 Å². The molecule has 150 valence electrons. The van der Waals surface area contributed by atoms with Crippen molar-refractivity contribution < 1.29 is 9.90 Å². The van der Waals surface area contributed by atoms with Crippen LogP contribution in [-0.2, 0) is 4.79 Å². The molecule has 2 heteroatoms. The Morgan fingerprint density at radius 2 is 0.962 bits per heavy atom. The normalized spacial score (nSPS) is 14.6. The monoisotopic (exact) mass is 362 g/mol. The highest BCUT2D eigenvalue weighted by Crippen LogP contribution is 2.27. The summed E-state index contributed by atoms with van der Waals surface area (Å²) in [7, 11) is 0. The van der Waals surface area contributed by atoms with Crippen LogP contribution in [0.2, 0.25) is 0 Å². The Morgan fingerprint density at radius 3 is 1.38 bits per heavy atom. The number of rotatable bonds is 13. The molecule has 2 nitrogen and oxygen atoms in total. The number of carbonyl (C=O) groups is 1. The highest BCUT2D eigenvalue weighted by Gasteiger charge is 2.07. The summed E-state index contributed by atoms with van der Waals surface area (Å²) < 4.78 is 0. The zero-order chi connectivity index (χ0) is 20.1.